The van der Waals surface area contributed by atoms with Crippen LogP contribution in [0.15, 0.2) is 24.3 Å². The van der Waals surface area contributed by atoms with Gasteiger partial charge in [-0.1, -0.05) is 19.1 Å². The van der Waals surface area contributed by atoms with Gasteiger partial charge in [-0.15, -0.1) is 0 Å². The number of nitrogens with two attached hydrogens (primary N) is 1. The number of esters is 1. The Morgan fingerprint density at radius 2 is 1.96 bits per heavy atom. The van der Waals surface area contributed by atoms with E-state index < -0.39 is 17.9 Å². The van der Waals surface area contributed by atoms with Gasteiger partial charge in [-0.2, -0.15) is 5.26 Å². The molecule has 2 atom stereocenters. The maximum absolute atomic E-state index is 11.8. The minimum Gasteiger partial charge on any atom is -0.481 e. The van der Waals surface area contributed by atoms with Crippen LogP contribution in [-0.2, 0) is 25.5 Å². The second kappa shape index (κ2) is 10.8. The number of nitriles is 1. The van der Waals surface area contributed by atoms with E-state index in [4.69, 9.17) is 15.1 Å². The normalized spacial score (nSPS) is 11.9. The van der Waals surface area contributed by atoms with Crippen LogP contribution in [0.5, 0.6) is 0 Å². The topological polar surface area (TPSA) is 130 Å². The second-order valence-electron chi connectivity index (χ2n) is 5.17. The van der Waals surface area contributed by atoms with Crippen LogP contribution < -0.4 is 5.73 Å². The summed E-state index contributed by atoms with van der Waals surface area (Å²) in [6.45, 7) is 4.87. The molecule has 24 heavy (non-hydrogen) atoms. The summed E-state index contributed by atoms with van der Waals surface area (Å²) in [6.07, 6.45) is 0.331. The number of carboxylic acids is 1. The molecule has 7 heteroatoms. The van der Waals surface area contributed by atoms with Crippen molar-refractivity contribution in [2.24, 2.45) is 11.7 Å². The Balaban J connectivity index is 0.00000118. The van der Waals surface area contributed by atoms with E-state index in [-0.39, 0.29) is 18.4 Å². The molecule has 0 bridgehead atoms. The third-order valence-electron chi connectivity index (χ3n) is 2.97. The van der Waals surface area contributed by atoms with Crippen LogP contribution in [0, 0.1) is 17.2 Å². The van der Waals surface area contributed by atoms with Crippen LogP contribution in [-0.4, -0.2) is 29.1 Å². The fraction of sp³-hybridized carbons (Fsp3) is 0.412. The summed E-state index contributed by atoms with van der Waals surface area (Å²) in [5.74, 6) is -3.55. The summed E-state index contributed by atoms with van der Waals surface area (Å²) in [4.78, 5) is 32.3. The molecule has 0 spiro atoms. The number of hydrogen-bond donors (Lipinski definition) is 2. The van der Waals surface area contributed by atoms with Crippen LogP contribution >= 0.6 is 0 Å². The van der Waals surface area contributed by atoms with E-state index in [0.717, 1.165) is 0 Å². The van der Waals surface area contributed by atoms with Gasteiger partial charge in [0.2, 0.25) is 5.91 Å². The molecule has 0 radical (unpaired) electrons. The maximum atomic E-state index is 11.8. The quantitative estimate of drug-likeness (QED) is 0.600. The first-order valence-electron chi connectivity index (χ1n) is 7.39. The number of ether oxygens (including phenoxy) is 1. The molecular formula is C17H22N2O5. The van der Waals surface area contributed by atoms with Crippen molar-refractivity contribution in [3.63, 3.8) is 0 Å². The van der Waals surface area contributed by atoms with Gasteiger partial charge in [0.1, 0.15) is 0 Å². The lowest BCUT2D eigenvalue weighted by Crippen LogP contribution is -2.30. The molecule has 1 rings (SSSR count). The number of nitrogens with zero attached hydrogens (tertiary/aromatic N) is 1. The number of carboxylic acid groups (broad SMARTS) is 1. The number of hydrogen-bond acceptors (Lipinski definition) is 5. The SMILES string of the molecule is CC(N)=O.CCC(C)OC(=O)C(Cc1cccc(C#N)c1)C(=O)O. The zero-order valence-corrected chi connectivity index (χ0v) is 14.0. The van der Waals surface area contributed by atoms with Crippen molar-refractivity contribution in [2.45, 2.75) is 39.7 Å². The lowest BCUT2D eigenvalue weighted by Gasteiger charge is -2.16. The number of carbonyl (C=O) groups is 3. The van der Waals surface area contributed by atoms with Gasteiger partial charge in [0, 0.05) is 6.92 Å². The zero-order chi connectivity index (χ0) is 18.7. The van der Waals surface area contributed by atoms with Gasteiger partial charge in [0.05, 0.1) is 17.7 Å². The minimum atomic E-state index is -1.25. The summed E-state index contributed by atoms with van der Waals surface area (Å²) >= 11 is 0. The van der Waals surface area contributed by atoms with E-state index >= 15 is 0 Å². The predicted molar refractivity (Wildman–Crippen MR) is 86.7 cm³/mol. The highest BCUT2D eigenvalue weighted by Gasteiger charge is 2.29. The van der Waals surface area contributed by atoms with Crippen LogP contribution in [0.25, 0.3) is 0 Å². The highest BCUT2D eigenvalue weighted by molar-refractivity contribution is 5.94. The average Bonchev–Trinajstić information content (AvgIpc) is 2.51. The molecule has 1 aromatic rings. The monoisotopic (exact) mass is 334 g/mol. The summed E-state index contributed by atoms with van der Waals surface area (Å²) in [6, 6.07) is 8.52. The third-order valence-corrected chi connectivity index (χ3v) is 2.97. The van der Waals surface area contributed by atoms with Gasteiger partial charge < -0.3 is 15.6 Å². The number of carbonyl (C=O) groups excluding carboxylic acids is 2. The van der Waals surface area contributed by atoms with Crippen LogP contribution in [0.2, 0.25) is 0 Å². The number of benzene rings is 1. The summed E-state index contributed by atoms with van der Waals surface area (Å²) < 4.78 is 5.07. The Morgan fingerprint density at radius 1 is 1.38 bits per heavy atom. The molecule has 0 aliphatic heterocycles. The van der Waals surface area contributed by atoms with Crippen molar-refractivity contribution in [3.05, 3.63) is 35.4 Å². The number of primary amides is 1. The van der Waals surface area contributed by atoms with Gasteiger partial charge in [0.25, 0.3) is 0 Å². The Bertz CT molecular complexity index is 618. The van der Waals surface area contributed by atoms with Gasteiger partial charge >= 0.3 is 11.9 Å². The molecule has 0 aliphatic carbocycles. The van der Waals surface area contributed by atoms with Crippen molar-refractivity contribution in [3.8, 4) is 6.07 Å². The lowest BCUT2D eigenvalue weighted by atomic mass is 9.98. The van der Waals surface area contributed by atoms with Crippen LogP contribution in [0.4, 0.5) is 0 Å². The standard InChI is InChI=1S/C15H17NO4.C2H5NO/c1-3-10(2)20-15(19)13(14(17)18)8-11-5-4-6-12(7-11)9-16;1-2(3)4/h4-7,10,13H,3,8H2,1-2H3,(H,17,18);1H3,(H2,3,4). The van der Waals surface area contributed by atoms with E-state index in [1.165, 1.54) is 6.92 Å². The number of amides is 1. The summed E-state index contributed by atoms with van der Waals surface area (Å²) in [5.41, 5.74) is 5.53. The second-order valence-corrected chi connectivity index (χ2v) is 5.17. The predicted octanol–water partition coefficient (Wildman–Crippen LogP) is 1.63. The molecule has 130 valence electrons. The van der Waals surface area contributed by atoms with E-state index in [9.17, 15) is 14.4 Å². The minimum absolute atomic E-state index is 0.0140. The maximum Gasteiger partial charge on any atom is 0.320 e. The van der Waals surface area contributed by atoms with Gasteiger partial charge in [0.15, 0.2) is 5.92 Å². The molecule has 0 saturated heterocycles. The molecule has 0 aliphatic rings. The number of aliphatic carboxylic acids is 1. The number of rotatable bonds is 6. The molecule has 0 aromatic heterocycles. The first kappa shape index (κ1) is 21.1. The van der Waals surface area contributed by atoms with Gasteiger partial charge in [-0.25, -0.2) is 0 Å². The van der Waals surface area contributed by atoms with Crippen molar-refractivity contribution < 1.29 is 24.2 Å². The average molecular weight is 334 g/mol. The Morgan fingerprint density at radius 3 is 2.42 bits per heavy atom. The highest BCUT2D eigenvalue weighted by Crippen LogP contribution is 2.14. The third kappa shape index (κ3) is 8.54. The van der Waals surface area contributed by atoms with E-state index in [0.29, 0.717) is 17.5 Å². The zero-order valence-electron chi connectivity index (χ0n) is 14.0. The Labute approximate surface area is 141 Å². The Hall–Kier alpha value is -2.88. The highest BCUT2D eigenvalue weighted by atomic mass is 16.5. The van der Waals surface area contributed by atoms with E-state index in [2.05, 4.69) is 5.73 Å². The molecule has 0 saturated carbocycles. The first-order chi connectivity index (χ1) is 11.2. The molecule has 0 heterocycles. The molecular weight excluding hydrogens is 312 g/mol. The smallest absolute Gasteiger partial charge is 0.320 e. The van der Waals surface area contributed by atoms with Gasteiger partial charge in [-0.3, -0.25) is 14.4 Å². The molecule has 7 nitrogen and oxygen atoms in total. The van der Waals surface area contributed by atoms with Crippen molar-refractivity contribution >= 4 is 17.8 Å². The van der Waals surface area contributed by atoms with Crippen LogP contribution in [0.3, 0.4) is 0 Å². The largest absolute Gasteiger partial charge is 0.481 e. The van der Waals surface area contributed by atoms with Crippen molar-refractivity contribution in [1.82, 2.24) is 0 Å². The molecule has 1 aromatic carbocycles. The van der Waals surface area contributed by atoms with Gasteiger partial charge in [-0.05, 0) is 37.5 Å². The lowest BCUT2D eigenvalue weighted by molar-refractivity contribution is -0.161. The fourth-order valence-electron chi connectivity index (χ4n) is 1.64. The van der Waals surface area contributed by atoms with Crippen molar-refractivity contribution in [2.75, 3.05) is 0 Å². The van der Waals surface area contributed by atoms with Crippen molar-refractivity contribution in [1.29, 1.82) is 5.26 Å². The first-order valence-corrected chi connectivity index (χ1v) is 7.39. The van der Waals surface area contributed by atoms with E-state index in [1.54, 1.807) is 31.2 Å². The fourth-order valence-corrected chi connectivity index (χ4v) is 1.64. The summed E-state index contributed by atoms with van der Waals surface area (Å²) in [7, 11) is 0. The molecule has 2 unspecified atom stereocenters. The van der Waals surface area contributed by atoms with E-state index in [1.807, 2.05) is 13.0 Å². The molecule has 3 N–H and O–H groups in total. The molecule has 0 fully saturated rings. The Kier molecular flexibility index (Phi) is 9.49. The summed E-state index contributed by atoms with van der Waals surface area (Å²) in [5, 5.41) is 18.0. The van der Waals surface area contributed by atoms with Crippen LogP contribution in [0.1, 0.15) is 38.3 Å². The molecule has 1 amide bonds.